The Balaban J connectivity index is 0.000000496. The van der Waals surface area contributed by atoms with Crippen molar-refractivity contribution in [2.24, 2.45) is 0 Å². The molecule has 2 aromatic rings. The number of aliphatic hydroxyl groups excluding tert-OH is 2. The molecule has 0 radical (unpaired) electrons. The average Bonchev–Trinajstić information content (AvgIpc) is 3.40. The third-order valence-corrected chi connectivity index (χ3v) is 4.10. The Morgan fingerprint density at radius 2 is 1.16 bits per heavy atom. The van der Waals surface area contributed by atoms with Crippen LogP contribution in [0.5, 0.6) is 23.0 Å². The van der Waals surface area contributed by atoms with Crippen LogP contribution in [-0.2, 0) is 23.7 Å². The van der Waals surface area contributed by atoms with Crippen LogP contribution in [0.4, 0.5) is 0 Å². The monoisotopic (exact) mass is 530 g/mol. The highest BCUT2D eigenvalue weighted by Gasteiger charge is 2.24. The third-order valence-electron chi connectivity index (χ3n) is 4.10. The van der Waals surface area contributed by atoms with Gasteiger partial charge in [0.05, 0.1) is 37.6 Å². The van der Waals surface area contributed by atoms with Gasteiger partial charge >= 0.3 is 0 Å². The van der Waals surface area contributed by atoms with Gasteiger partial charge in [-0.2, -0.15) is 0 Å². The summed E-state index contributed by atoms with van der Waals surface area (Å²) in [5.74, 6) is -0.413. The van der Waals surface area contributed by atoms with Gasteiger partial charge in [-0.3, -0.25) is 4.79 Å². The van der Waals surface area contributed by atoms with Crippen molar-refractivity contribution in [1.82, 2.24) is 0 Å². The standard InChI is InChI=1S/C9H10O4.C7H6O3.C7H16O3.C2H6O2/c10-6-2-1-3-7(11)8(6)9-12-4-5-13-9;8-4-5-6(9)2-1-3-7(5)10;1-4-8-7(9-5-2)10-6-3;3-1-2-4/h1-3,9-11H,4-5H2;1-4,9-10H;7H,4-6H2,1-3H3;3-4H,1-2H2. The lowest BCUT2D eigenvalue weighted by Gasteiger charge is -2.15. The van der Waals surface area contributed by atoms with Crippen LogP contribution >= 0.6 is 0 Å². The van der Waals surface area contributed by atoms with Crippen molar-refractivity contribution in [2.75, 3.05) is 46.2 Å². The van der Waals surface area contributed by atoms with E-state index in [4.69, 9.17) is 44.1 Å². The van der Waals surface area contributed by atoms with Crippen molar-refractivity contribution in [3.05, 3.63) is 47.5 Å². The first kappa shape index (κ1) is 34.0. The number of phenolic OH excluding ortho intramolecular Hbond substituents is 4. The zero-order valence-corrected chi connectivity index (χ0v) is 21.3. The van der Waals surface area contributed by atoms with Gasteiger partial charge in [0.1, 0.15) is 23.0 Å². The molecule has 1 fully saturated rings. The number of aliphatic hydroxyl groups is 2. The van der Waals surface area contributed by atoms with E-state index in [1.165, 1.54) is 30.3 Å². The molecule has 1 saturated heterocycles. The molecule has 3 rings (SSSR count). The van der Waals surface area contributed by atoms with Crippen molar-refractivity contribution < 1.29 is 59.1 Å². The van der Waals surface area contributed by atoms with E-state index in [-0.39, 0.29) is 41.8 Å². The van der Waals surface area contributed by atoms with Crippen LogP contribution in [0.15, 0.2) is 36.4 Å². The van der Waals surface area contributed by atoms with Crippen LogP contribution in [0, 0.1) is 0 Å². The largest absolute Gasteiger partial charge is 0.507 e. The Labute approximate surface area is 216 Å². The lowest BCUT2D eigenvalue weighted by atomic mass is 10.1. The molecule has 0 atom stereocenters. The lowest BCUT2D eigenvalue weighted by molar-refractivity contribution is -0.282. The van der Waals surface area contributed by atoms with Gasteiger partial charge in [-0.05, 0) is 45.0 Å². The molecule has 0 aliphatic carbocycles. The number of aromatic hydroxyl groups is 4. The minimum atomic E-state index is -0.638. The summed E-state index contributed by atoms with van der Waals surface area (Å²) in [4.78, 5) is 10.1. The van der Waals surface area contributed by atoms with Crippen molar-refractivity contribution in [3.8, 4) is 23.0 Å². The van der Waals surface area contributed by atoms with E-state index >= 15 is 0 Å². The summed E-state index contributed by atoms with van der Waals surface area (Å²) in [5.41, 5.74) is 0.238. The maximum absolute atomic E-state index is 10.1. The summed E-state index contributed by atoms with van der Waals surface area (Å²) in [6.45, 7) is 7.82. The first-order chi connectivity index (χ1) is 17.8. The van der Waals surface area contributed by atoms with E-state index in [1.807, 2.05) is 20.8 Å². The van der Waals surface area contributed by atoms with Gasteiger partial charge in [-0.1, -0.05) is 12.1 Å². The number of carbonyl (C=O) groups is 1. The highest BCUT2D eigenvalue weighted by molar-refractivity contribution is 5.83. The molecular weight excluding hydrogens is 492 g/mol. The SMILES string of the molecule is CCOC(OCC)OCC.O=Cc1c(O)cccc1O.OCCO.Oc1cccc(O)c1C1OCCO1. The Bertz CT molecular complexity index is 799. The smallest absolute Gasteiger partial charge is 0.271 e. The zero-order valence-electron chi connectivity index (χ0n) is 21.3. The van der Waals surface area contributed by atoms with Crippen molar-refractivity contribution in [2.45, 2.75) is 33.5 Å². The van der Waals surface area contributed by atoms with E-state index < -0.39 is 12.8 Å². The molecule has 1 aliphatic heterocycles. The highest BCUT2D eigenvalue weighted by atomic mass is 16.8. The molecule has 0 aromatic heterocycles. The Morgan fingerprint density at radius 1 is 0.784 bits per heavy atom. The topological polar surface area (TPSA) is 185 Å². The lowest BCUT2D eigenvalue weighted by Crippen LogP contribution is -2.20. The van der Waals surface area contributed by atoms with E-state index in [9.17, 15) is 15.0 Å². The molecule has 6 N–H and O–H groups in total. The number of benzene rings is 2. The molecule has 1 heterocycles. The molecule has 12 nitrogen and oxygen atoms in total. The van der Waals surface area contributed by atoms with Gasteiger partial charge in [-0.25, -0.2) is 0 Å². The van der Waals surface area contributed by atoms with Gasteiger partial charge in [0.15, 0.2) is 12.6 Å². The summed E-state index contributed by atoms with van der Waals surface area (Å²) >= 11 is 0. The number of hydrogen-bond acceptors (Lipinski definition) is 12. The van der Waals surface area contributed by atoms with Crippen LogP contribution in [0.25, 0.3) is 0 Å². The highest BCUT2D eigenvalue weighted by Crippen LogP contribution is 2.36. The summed E-state index contributed by atoms with van der Waals surface area (Å²) in [7, 11) is 0. The summed E-state index contributed by atoms with van der Waals surface area (Å²) in [6.07, 6.45) is -0.230. The molecule has 0 spiro atoms. The van der Waals surface area contributed by atoms with Crippen molar-refractivity contribution >= 4 is 6.29 Å². The first-order valence-corrected chi connectivity index (χ1v) is 11.6. The number of carbonyl (C=O) groups excluding carboxylic acids is 1. The second-order valence-corrected chi connectivity index (χ2v) is 6.71. The van der Waals surface area contributed by atoms with E-state index in [2.05, 4.69) is 0 Å². The number of hydrogen-bond donors (Lipinski definition) is 6. The minimum Gasteiger partial charge on any atom is -0.507 e. The Morgan fingerprint density at radius 3 is 1.46 bits per heavy atom. The van der Waals surface area contributed by atoms with Crippen molar-refractivity contribution in [1.29, 1.82) is 0 Å². The normalized spacial score (nSPS) is 12.5. The zero-order chi connectivity index (χ0) is 28.1. The molecule has 2 aromatic carbocycles. The molecule has 12 heteroatoms. The van der Waals surface area contributed by atoms with E-state index in [1.54, 1.807) is 6.07 Å². The van der Waals surface area contributed by atoms with Gasteiger partial charge in [0, 0.05) is 19.8 Å². The van der Waals surface area contributed by atoms with E-state index in [0.29, 0.717) is 44.9 Å². The van der Waals surface area contributed by atoms with Gasteiger partial charge in [0.2, 0.25) is 0 Å². The predicted molar refractivity (Wildman–Crippen MR) is 132 cm³/mol. The third kappa shape index (κ3) is 13.8. The van der Waals surface area contributed by atoms with E-state index in [0.717, 1.165) is 0 Å². The van der Waals surface area contributed by atoms with Crippen LogP contribution in [0.3, 0.4) is 0 Å². The molecular formula is C25H38O12. The molecule has 0 amide bonds. The number of rotatable bonds is 9. The molecule has 0 bridgehead atoms. The van der Waals surface area contributed by atoms with Gasteiger partial charge < -0.3 is 54.3 Å². The number of ether oxygens (including phenoxy) is 5. The quantitative estimate of drug-likeness (QED) is 0.206. The van der Waals surface area contributed by atoms with Crippen LogP contribution < -0.4 is 0 Å². The fraction of sp³-hybridized carbons (Fsp3) is 0.480. The van der Waals surface area contributed by atoms with Crippen LogP contribution in [-0.4, -0.2) is 89.6 Å². The fourth-order valence-electron chi connectivity index (χ4n) is 2.52. The maximum atomic E-state index is 10.1. The van der Waals surface area contributed by atoms with Crippen LogP contribution in [0.2, 0.25) is 0 Å². The number of phenols is 4. The van der Waals surface area contributed by atoms with Gasteiger partial charge in [-0.15, -0.1) is 0 Å². The molecule has 37 heavy (non-hydrogen) atoms. The summed E-state index contributed by atoms with van der Waals surface area (Å²) in [6, 6.07) is 8.66. The summed E-state index contributed by atoms with van der Waals surface area (Å²) in [5, 5.41) is 51.9. The average molecular weight is 531 g/mol. The van der Waals surface area contributed by atoms with Crippen molar-refractivity contribution in [3.63, 3.8) is 0 Å². The molecule has 0 saturated carbocycles. The Hall–Kier alpha value is -2.97. The molecule has 0 unspecified atom stereocenters. The number of aldehydes is 1. The predicted octanol–water partition coefficient (Wildman–Crippen LogP) is 2.40. The van der Waals surface area contributed by atoms with Gasteiger partial charge in [0.25, 0.3) is 6.48 Å². The molecule has 1 aliphatic rings. The maximum Gasteiger partial charge on any atom is 0.271 e. The minimum absolute atomic E-state index is 0.00750. The Kier molecular flexibility index (Phi) is 19.4. The van der Waals surface area contributed by atoms with Crippen LogP contribution in [0.1, 0.15) is 43.0 Å². The second kappa shape index (κ2) is 21.1. The fourth-order valence-corrected chi connectivity index (χ4v) is 2.52. The summed E-state index contributed by atoms with van der Waals surface area (Å²) < 4.78 is 25.6. The first-order valence-electron chi connectivity index (χ1n) is 11.6. The molecule has 210 valence electrons. The second-order valence-electron chi connectivity index (χ2n) is 6.71.